The van der Waals surface area contributed by atoms with Crippen LogP contribution in [0, 0.1) is 18.6 Å². The lowest BCUT2D eigenvalue weighted by Gasteiger charge is -2.32. The Balaban J connectivity index is 1.93. The van der Waals surface area contributed by atoms with Crippen LogP contribution in [-0.2, 0) is 6.54 Å². The summed E-state index contributed by atoms with van der Waals surface area (Å²) in [6, 6.07) is 8.00. The van der Waals surface area contributed by atoms with Gasteiger partial charge in [-0.05, 0) is 63.7 Å². The van der Waals surface area contributed by atoms with Crippen molar-refractivity contribution >= 4 is 29.4 Å². The molecule has 0 radical (unpaired) electrons. The van der Waals surface area contributed by atoms with E-state index in [1.54, 1.807) is 12.1 Å². The van der Waals surface area contributed by atoms with Crippen molar-refractivity contribution in [1.82, 2.24) is 25.5 Å². The van der Waals surface area contributed by atoms with Crippen LogP contribution in [0.3, 0.4) is 0 Å². The molecule has 2 N–H and O–H groups in total. The molecule has 0 spiro atoms. The summed E-state index contributed by atoms with van der Waals surface area (Å²) in [4.78, 5) is 40.7. The molecule has 2 heterocycles. The maximum Gasteiger partial charge on any atom is 0.328 e. The van der Waals surface area contributed by atoms with E-state index < -0.39 is 23.4 Å². The zero-order valence-corrected chi connectivity index (χ0v) is 24.4. The predicted molar refractivity (Wildman–Crippen MR) is 157 cm³/mol. The SMILES string of the molecule is CCN(CC)CCN(C)c1nc(-c2cc(C(=O)NC(C)C)ccc2C)c2c(n1)N(c1c(F)cccc1F)C(=O)NC2. The average Bonchev–Trinajstić information content (AvgIpc) is 2.93. The first-order valence-corrected chi connectivity index (χ1v) is 13.8. The van der Waals surface area contributed by atoms with E-state index >= 15 is 8.78 Å². The standard InChI is InChI=1S/C30H37F2N7O2/c1-7-38(8-2)15-14-37(6)29-35-25(21-16-20(13-12-19(21)5)28(40)34-18(3)4)22-17-33-30(41)39(27(22)36-29)26-23(31)10-9-11-24(26)32/h9-13,16,18H,7-8,14-15,17H2,1-6H3,(H,33,41)(H,34,40). The second-order valence-corrected chi connectivity index (χ2v) is 10.3. The number of aryl methyl sites for hydroxylation is 1. The Hall–Kier alpha value is -4.12. The molecule has 218 valence electrons. The number of anilines is 3. The highest BCUT2D eigenvalue weighted by Gasteiger charge is 2.34. The molecule has 0 atom stereocenters. The maximum atomic E-state index is 15.0. The topological polar surface area (TPSA) is 93.7 Å². The molecule has 0 bridgehead atoms. The van der Waals surface area contributed by atoms with E-state index in [2.05, 4.69) is 29.4 Å². The number of aromatic nitrogens is 2. The van der Waals surface area contributed by atoms with Crippen molar-refractivity contribution in [1.29, 1.82) is 0 Å². The van der Waals surface area contributed by atoms with Crippen molar-refractivity contribution < 1.29 is 18.4 Å². The fraction of sp³-hybridized carbons (Fsp3) is 0.400. The number of para-hydroxylation sites is 1. The van der Waals surface area contributed by atoms with Gasteiger partial charge in [0.05, 0.1) is 12.2 Å². The Morgan fingerprint density at radius 1 is 1.10 bits per heavy atom. The van der Waals surface area contributed by atoms with Crippen LogP contribution in [0.5, 0.6) is 0 Å². The molecule has 1 aromatic heterocycles. The van der Waals surface area contributed by atoms with E-state index in [0.29, 0.717) is 34.9 Å². The Morgan fingerprint density at radius 3 is 2.41 bits per heavy atom. The zero-order chi connectivity index (χ0) is 29.8. The lowest BCUT2D eigenvalue weighted by atomic mass is 9.97. The van der Waals surface area contributed by atoms with Gasteiger partial charge < -0.3 is 20.4 Å². The molecule has 0 saturated heterocycles. The fourth-order valence-corrected chi connectivity index (χ4v) is 4.75. The van der Waals surface area contributed by atoms with Gasteiger partial charge in [-0.2, -0.15) is 4.98 Å². The molecule has 0 unspecified atom stereocenters. The van der Waals surface area contributed by atoms with Gasteiger partial charge in [-0.15, -0.1) is 0 Å². The number of hydrogen-bond acceptors (Lipinski definition) is 6. The van der Waals surface area contributed by atoms with Crippen molar-refractivity contribution in [2.45, 2.75) is 47.2 Å². The molecule has 11 heteroatoms. The molecule has 0 aliphatic carbocycles. The van der Waals surface area contributed by atoms with Crippen LogP contribution in [-0.4, -0.2) is 66.1 Å². The molecule has 0 saturated carbocycles. The van der Waals surface area contributed by atoms with Crippen LogP contribution >= 0.6 is 0 Å². The zero-order valence-electron chi connectivity index (χ0n) is 24.4. The number of carbonyl (C=O) groups is 2. The van der Waals surface area contributed by atoms with Crippen LogP contribution in [0.15, 0.2) is 36.4 Å². The smallest absolute Gasteiger partial charge is 0.328 e. The highest BCUT2D eigenvalue weighted by atomic mass is 19.1. The number of benzene rings is 2. The van der Waals surface area contributed by atoms with Gasteiger partial charge in [0.2, 0.25) is 5.95 Å². The number of halogens is 2. The van der Waals surface area contributed by atoms with E-state index in [0.717, 1.165) is 42.2 Å². The van der Waals surface area contributed by atoms with Crippen LogP contribution in [0.25, 0.3) is 11.3 Å². The molecule has 3 aromatic rings. The monoisotopic (exact) mass is 565 g/mol. The Bertz CT molecular complexity index is 1420. The van der Waals surface area contributed by atoms with E-state index in [-0.39, 0.29) is 24.3 Å². The highest BCUT2D eigenvalue weighted by Crippen LogP contribution is 2.39. The summed E-state index contributed by atoms with van der Waals surface area (Å²) in [5.41, 5.74) is 2.37. The minimum atomic E-state index is -0.895. The van der Waals surface area contributed by atoms with Crippen molar-refractivity contribution in [3.63, 3.8) is 0 Å². The summed E-state index contributed by atoms with van der Waals surface area (Å²) < 4.78 is 30.0. The number of nitrogens with one attached hydrogen (secondary N) is 2. The van der Waals surface area contributed by atoms with Crippen molar-refractivity contribution in [3.8, 4) is 11.3 Å². The number of rotatable bonds is 10. The third-order valence-electron chi connectivity index (χ3n) is 7.13. The predicted octanol–water partition coefficient (Wildman–Crippen LogP) is 5.01. The molecule has 1 aliphatic rings. The Morgan fingerprint density at radius 2 is 1.78 bits per heavy atom. The summed E-state index contributed by atoms with van der Waals surface area (Å²) in [6.07, 6.45) is 0. The van der Waals surface area contributed by atoms with Gasteiger partial charge in [-0.25, -0.2) is 23.5 Å². The third-order valence-corrected chi connectivity index (χ3v) is 7.13. The normalized spacial score (nSPS) is 12.9. The van der Waals surface area contributed by atoms with Gasteiger partial charge in [0.15, 0.2) is 5.82 Å². The second-order valence-electron chi connectivity index (χ2n) is 10.3. The summed E-state index contributed by atoms with van der Waals surface area (Å²) in [6.45, 7) is 13.0. The number of fused-ring (bicyclic) bond motifs is 1. The summed E-state index contributed by atoms with van der Waals surface area (Å²) >= 11 is 0. The molecule has 1 aliphatic heterocycles. The van der Waals surface area contributed by atoms with E-state index in [1.807, 2.05) is 38.8 Å². The first kappa shape index (κ1) is 29.9. The molecule has 4 rings (SSSR count). The molecular formula is C30H37F2N7O2. The maximum absolute atomic E-state index is 15.0. The largest absolute Gasteiger partial charge is 0.350 e. The van der Waals surface area contributed by atoms with Crippen LogP contribution in [0.4, 0.5) is 31.0 Å². The van der Waals surface area contributed by atoms with Gasteiger partial charge >= 0.3 is 6.03 Å². The van der Waals surface area contributed by atoms with Crippen molar-refractivity contribution in [2.24, 2.45) is 0 Å². The first-order chi connectivity index (χ1) is 19.5. The molecular weight excluding hydrogens is 528 g/mol. The van der Waals surface area contributed by atoms with Gasteiger partial charge in [0.25, 0.3) is 5.91 Å². The summed E-state index contributed by atoms with van der Waals surface area (Å²) in [5, 5.41) is 5.61. The van der Waals surface area contributed by atoms with E-state index in [9.17, 15) is 9.59 Å². The van der Waals surface area contributed by atoms with E-state index in [4.69, 9.17) is 9.97 Å². The lowest BCUT2D eigenvalue weighted by molar-refractivity contribution is 0.0943. The van der Waals surface area contributed by atoms with Crippen LogP contribution < -0.4 is 20.4 Å². The molecule has 41 heavy (non-hydrogen) atoms. The number of carbonyl (C=O) groups excluding carboxylic acids is 2. The molecule has 0 fully saturated rings. The number of nitrogens with zero attached hydrogens (tertiary/aromatic N) is 5. The second kappa shape index (κ2) is 12.6. The number of likely N-dealkylation sites (N-methyl/N-ethyl adjacent to an activating group) is 2. The van der Waals surface area contributed by atoms with Gasteiger partial charge in [-0.1, -0.05) is 26.0 Å². The van der Waals surface area contributed by atoms with Crippen molar-refractivity contribution in [3.05, 3.63) is 64.7 Å². The minimum absolute atomic E-state index is 0.0430. The quantitative estimate of drug-likeness (QED) is 0.359. The van der Waals surface area contributed by atoms with Gasteiger partial charge in [0.1, 0.15) is 17.3 Å². The molecule has 3 amide bonds. The Labute approximate surface area is 239 Å². The Kier molecular flexibility index (Phi) is 9.17. The van der Waals surface area contributed by atoms with Crippen LogP contribution in [0.2, 0.25) is 0 Å². The molecule has 9 nitrogen and oxygen atoms in total. The van der Waals surface area contributed by atoms with Crippen LogP contribution in [0.1, 0.15) is 49.2 Å². The average molecular weight is 566 g/mol. The lowest BCUT2D eigenvalue weighted by Crippen LogP contribution is -2.43. The summed E-state index contributed by atoms with van der Waals surface area (Å²) in [5.74, 6) is -1.65. The number of amides is 3. The first-order valence-electron chi connectivity index (χ1n) is 13.8. The summed E-state index contributed by atoms with van der Waals surface area (Å²) in [7, 11) is 1.84. The van der Waals surface area contributed by atoms with Gasteiger partial charge in [-0.3, -0.25) is 4.79 Å². The highest BCUT2D eigenvalue weighted by molar-refractivity contribution is 6.02. The molecule has 2 aromatic carbocycles. The van der Waals surface area contributed by atoms with E-state index in [1.165, 1.54) is 6.07 Å². The number of hydrogen-bond donors (Lipinski definition) is 2. The minimum Gasteiger partial charge on any atom is -0.350 e. The van der Waals surface area contributed by atoms with Gasteiger partial charge in [0, 0.05) is 42.9 Å². The third kappa shape index (κ3) is 6.30. The number of urea groups is 1. The van der Waals surface area contributed by atoms with Crippen molar-refractivity contribution in [2.75, 3.05) is 43.0 Å². The fourth-order valence-electron chi connectivity index (χ4n) is 4.75.